The Labute approximate surface area is 416 Å². The molecule has 4 rings (SSSR count). The number of aromatic nitrogens is 4. The van der Waals surface area contributed by atoms with E-state index in [4.69, 9.17) is 23.9 Å². The van der Waals surface area contributed by atoms with Gasteiger partial charge in [0, 0.05) is 49.9 Å². The van der Waals surface area contributed by atoms with Crippen molar-refractivity contribution in [3.8, 4) is 0 Å². The molecule has 29 heteroatoms. The highest BCUT2D eigenvalue weighted by atomic mass is 32.2. The largest absolute Gasteiger partial charge is 0.481 e. The molecular formula is C42H70N7O18P3S. The summed E-state index contributed by atoms with van der Waals surface area (Å²) in [5.41, 5.74) is 6.88. The SMILES string of the molecule is CCCCc1oc(CCCCCCCCCCC(=O)SCCNC(=O)CCNC(=O)C(O)C(C)(C)COP(=O)(O)OP(=O)(O)OCC2OC(n3cnc4c(N)ncnc43)C(O)C2OP(=O)(O)O)c(C)c1C. The first-order valence-corrected chi connectivity index (χ1v) is 29.0. The molecule has 2 amide bonds. The number of nitrogens with zero attached hydrogens (tertiary/aromatic N) is 4. The van der Waals surface area contributed by atoms with Crippen molar-refractivity contribution in [1.82, 2.24) is 30.2 Å². The number of anilines is 1. The number of unbranched alkanes of at least 4 members (excludes halogenated alkanes) is 8. The summed E-state index contributed by atoms with van der Waals surface area (Å²) in [6.07, 6.45) is 6.51. The first-order chi connectivity index (χ1) is 33.3. The summed E-state index contributed by atoms with van der Waals surface area (Å²) in [5, 5.41) is 26.7. The van der Waals surface area contributed by atoms with Crippen LogP contribution >= 0.6 is 35.2 Å². The number of aliphatic hydroxyl groups excluding tert-OH is 2. The molecule has 402 valence electrons. The number of ether oxygens (including phenoxy) is 1. The number of nitrogen functional groups attached to an aromatic ring is 1. The molecule has 4 heterocycles. The van der Waals surface area contributed by atoms with Crippen LogP contribution in [0.5, 0.6) is 0 Å². The fourth-order valence-corrected chi connectivity index (χ4v) is 11.1. The molecule has 7 unspecified atom stereocenters. The predicted octanol–water partition coefficient (Wildman–Crippen LogP) is 4.97. The van der Waals surface area contributed by atoms with Crippen LogP contribution in [0.15, 0.2) is 17.1 Å². The maximum atomic E-state index is 12.8. The van der Waals surface area contributed by atoms with Gasteiger partial charge in [0.1, 0.15) is 47.8 Å². The highest BCUT2D eigenvalue weighted by molar-refractivity contribution is 8.13. The third kappa shape index (κ3) is 19.6. The van der Waals surface area contributed by atoms with E-state index in [1.54, 1.807) is 0 Å². The Morgan fingerprint density at radius 2 is 1.49 bits per heavy atom. The van der Waals surface area contributed by atoms with Gasteiger partial charge in [-0.1, -0.05) is 77.5 Å². The Kier molecular flexibility index (Phi) is 23.8. The first kappa shape index (κ1) is 60.4. The van der Waals surface area contributed by atoms with Crippen molar-refractivity contribution in [1.29, 1.82) is 0 Å². The second-order valence-electron chi connectivity index (χ2n) is 17.9. The van der Waals surface area contributed by atoms with Crippen molar-refractivity contribution in [2.75, 3.05) is 37.8 Å². The smallest absolute Gasteiger partial charge is 0.466 e. The van der Waals surface area contributed by atoms with Gasteiger partial charge in [0.25, 0.3) is 0 Å². The summed E-state index contributed by atoms with van der Waals surface area (Å²) in [6.45, 7) is 7.05. The lowest BCUT2D eigenvalue weighted by Gasteiger charge is -2.30. The Bertz CT molecular complexity index is 2370. The average Bonchev–Trinajstić information content (AvgIpc) is 3.94. The predicted molar refractivity (Wildman–Crippen MR) is 259 cm³/mol. The average molecular weight is 1090 g/mol. The molecule has 0 bridgehead atoms. The van der Waals surface area contributed by atoms with Crippen LogP contribution in [0.4, 0.5) is 5.82 Å². The molecule has 0 aliphatic carbocycles. The van der Waals surface area contributed by atoms with Crippen LogP contribution in [0.1, 0.15) is 127 Å². The number of amides is 2. The van der Waals surface area contributed by atoms with Gasteiger partial charge in [-0.3, -0.25) is 32.5 Å². The molecule has 3 aromatic rings. The second-order valence-corrected chi connectivity index (χ2v) is 23.3. The summed E-state index contributed by atoms with van der Waals surface area (Å²) < 4.78 is 68.7. The van der Waals surface area contributed by atoms with Gasteiger partial charge >= 0.3 is 23.5 Å². The Hall–Kier alpha value is -3.16. The van der Waals surface area contributed by atoms with E-state index in [1.165, 1.54) is 44.2 Å². The molecule has 3 aromatic heterocycles. The number of nitrogens with two attached hydrogens (primary N) is 1. The van der Waals surface area contributed by atoms with Crippen LogP contribution in [0, 0.1) is 19.3 Å². The number of nitrogens with one attached hydrogen (secondary N) is 2. The van der Waals surface area contributed by atoms with Gasteiger partial charge in [0.15, 0.2) is 22.8 Å². The van der Waals surface area contributed by atoms with Crippen molar-refractivity contribution in [3.05, 3.63) is 35.3 Å². The molecule has 7 atom stereocenters. The minimum absolute atomic E-state index is 0.0317. The van der Waals surface area contributed by atoms with E-state index in [0.29, 0.717) is 12.2 Å². The number of aryl methyl sites for hydroxylation is 2. The number of aliphatic hydroxyl groups is 2. The molecule has 0 saturated carbocycles. The van der Waals surface area contributed by atoms with Gasteiger partial charge in [0.05, 0.1) is 19.5 Å². The van der Waals surface area contributed by atoms with E-state index in [-0.39, 0.29) is 41.6 Å². The van der Waals surface area contributed by atoms with E-state index in [2.05, 4.69) is 55.2 Å². The number of thioether (sulfide) groups is 1. The maximum absolute atomic E-state index is 12.8. The number of carbonyl (C=O) groups is 3. The number of rotatable bonds is 33. The van der Waals surface area contributed by atoms with Crippen LogP contribution in [0.25, 0.3) is 11.2 Å². The summed E-state index contributed by atoms with van der Waals surface area (Å²) in [7, 11) is -16.4. The van der Waals surface area contributed by atoms with E-state index in [0.717, 1.165) is 98.3 Å². The van der Waals surface area contributed by atoms with E-state index < -0.39 is 84.6 Å². The van der Waals surface area contributed by atoms with Gasteiger partial charge in [-0.2, -0.15) is 4.31 Å². The lowest BCUT2D eigenvalue weighted by atomic mass is 9.87. The highest BCUT2D eigenvalue weighted by Gasteiger charge is 2.50. The van der Waals surface area contributed by atoms with Crippen molar-refractivity contribution in [2.24, 2.45) is 5.41 Å². The Morgan fingerprint density at radius 1 is 0.873 bits per heavy atom. The van der Waals surface area contributed by atoms with Crippen molar-refractivity contribution in [3.63, 3.8) is 0 Å². The maximum Gasteiger partial charge on any atom is 0.481 e. The topological polar surface area (TPSA) is 377 Å². The van der Waals surface area contributed by atoms with Crippen LogP contribution in [-0.2, 0) is 63.5 Å². The summed E-state index contributed by atoms with van der Waals surface area (Å²) in [6, 6.07) is 0. The fraction of sp³-hybridized carbons (Fsp3) is 0.714. The monoisotopic (exact) mass is 1090 g/mol. The summed E-state index contributed by atoms with van der Waals surface area (Å²) >= 11 is 1.15. The first-order valence-electron chi connectivity index (χ1n) is 23.5. The molecular weight excluding hydrogens is 1020 g/mol. The lowest BCUT2D eigenvalue weighted by Crippen LogP contribution is -2.46. The number of hydrogen-bond donors (Lipinski definition) is 9. The van der Waals surface area contributed by atoms with Crippen molar-refractivity contribution in [2.45, 2.75) is 155 Å². The molecule has 1 aliphatic heterocycles. The molecule has 0 spiro atoms. The zero-order valence-electron chi connectivity index (χ0n) is 40.7. The zero-order chi connectivity index (χ0) is 52.6. The van der Waals surface area contributed by atoms with Crippen LogP contribution in [0.3, 0.4) is 0 Å². The number of hydrogen-bond acceptors (Lipinski definition) is 19. The molecule has 10 N–H and O–H groups in total. The van der Waals surface area contributed by atoms with Crippen LogP contribution in [-0.4, -0.2) is 123 Å². The van der Waals surface area contributed by atoms with Gasteiger partial charge < -0.3 is 55.3 Å². The Balaban J connectivity index is 1.06. The third-order valence-electron chi connectivity index (χ3n) is 11.7. The molecule has 0 radical (unpaired) electrons. The number of phosphoric ester groups is 3. The minimum Gasteiger partial charge on any atom is -0.466 e. The van der Waals surface area contributed by atoms with E-state index in [9.17, 15) is 57.9 Å². The van der Waals surface area contributed by atoms with Gasteiger partial charge in [-0.05, 0) is 44.2 Å². The number of phosphoric acid groups is 3. The third-order valence-corrected chi connectivity index (χ3v) is 15.7. The van der Waals surface area contributed by atoms with Gasteiger partial charge in [0.2, 0.25) is 11.8 Å². The minimum atomic E-state index is -5.58. The van der Waals surface area contributed by atoms with E-state index in [1.807, 2.05) is 0 Å². The fourth-order valence-electron chi connectivity index (χ4n) is 7.52. The highest BCUT2D eigenvalue weighted by Crippen LogP contribution is 2.61. The van der Waals surface area contributed by atoms with Gasteiger partial charge in [-0.15, -0.1) is 0 Å². The number of fused-ring (bicyclic) bond motifs is 1. The molecule has 1 fully saturated rings. The number of carbonyl (C=O) groups excluding carboxylic acids is 3. The molecule has 0 aromatic carbocycles. The molecule has 25 nitrogen and oxygen atoms in total. The second kappa shape index (κ2) is 27.9. The van der Waals surface area contributed by atoms with Crippen LogP contribution < -0.4 is 16.4 Å². The van der Waals surface area contributed by atoms with Crippen molar-refractivity contribution < 1.29 is 84.9 Å². The normalized spacial score (nSPS) is 19.6. The molecule has 1 aliphatic rings. The number of furan rings is 1. The number of imidazole rings is 1. The van der Waals surface area contributed by atoms with Crippen molar-refractivity contribution >= 4 is 69.1 Å². The standard InChI is InChI=1S/C42H70N7O18P3S/c1-6-7-16-29-27(2)28(3)30(64-29)17-14-12-10-8-9-11-13-15-18-33(51)71-22-21-44-32(50)19-20-45-40(54)37(53)42(4,5)24-63-70(60,61)67-69(58,59)62-23-31-36(66-68(55,56)57)35(52)41(65-31)49-26-48-34-38(43)46-25-47-39(34)49/h25-26,31,35-37,41,52-53H,6-24H2,1-5H3,(H,44,50)(H,45,54)(H,58,59)(H,60,61)(H2,43,46,47)(H2,55,56,57). The van der Waals surface area contributed by atoms with E-state index >= 15 is 0 Å². The molecule has 71 heavy (non-hydrogen) atoms. The summed E-state index contributed by atoms with van der Waals surface area (Å²) in [4.78, 5) is 88.6. The lowest BCUT2D eigenvalue weighted by molar-refractivity contribution is -0.137. The zero-order valence-corrected chi connectivity index (χ0v) is 44.2. The van der Waals surface area contributed by atoms with Crippen LogP contribution in [0.2, 0.25) is 0 Å². The molecule has 1 saturated heterocycles. The summed E-state index contributed by atoms with van der Waals surface area (Å²) in [5.74, 6) is 1.23. The quantitative estimate of drug-likeness (QED) is 0.0287. The Morgan fingerprint density at radius 3 is 2.14 bits per heavy atom. The van der Waals surface area contributed by atoms with Gasteiger partial charge in [-0.25, -0.2) is 28.6 Å².